The van der Waals surface area contributed by atoms with Gasteiger partial charge < -0.3 is 11.1 Å². The number of anilines is 1. The molecule has 3 nitrogen and oxygen atoms in total. The van der Waals surface area contributed by atoms with E-state index in [2.05, 4.69) is 22.8 Å². The Hall–Kier alpha value is -1.39. The SMILES string of the molecule is NCCCCCCC(=O)Nc1ccc2sccc2c1. The highest BCUT2D eigenvalue weighted by Crippen LogP contribution is 2.24. The molecule has 4 heteroatoms. The number of benzene rings is 1. The molecule has 0 unspecified atom stereocenters. The third-order valence-electron chi connectivity index (χ3n) is 3.09. The molecular formula is C15H20N2OS. The molecule has 0 saturated heterocycles. The highest BCUT2D eigenvalue weighted by molar-refractivity contribution is 7.17. The standard InChI is InChI=1S/C15H20N2OS/c16-9-4-2-1-3-5-15(18)17-13-6-7-14-12(11-13)8-10-19-14/h6-8,10-11H,1-5,9,16H2,(H,17,18). The van der Waals surface area contributed by atoms with Crippen LogP contribution in [0.3, 0.4) is 0 Å². The molecule has 0 aliphatic carbocycles. The predicted octanol–water partition coefficient (Wildman–Crippen LogP) is 3.75. The highest BCUT2D eigenvalue weighted by Gasteiger charge is 2.03. The Balaban J connectivity index is 1.78. The molecule has 19 heavy (non-hydrogen) atoms. The minimum Gasteiger partial charge on any atom is -0.330 e. The molecule has 0 bridgehead atoms. The average molecular weight is 276 g/mol. The van der Waals surface area contributed by atoms with Crippen LogP contribution in [0.15, 0.2) is 29.6 Å². The maximum atomic E-state index is 11.8. The summed E-state index contributed by atoms with van der Waals surface area (Å²) >= 11 is 1.71. The summed E-state index contributed by atoms with van der Waals surface area (Å²) in [5.74, 6) is 0.0994. The fourth-order valence-electron chi connectivity index (χ4n) is 2.05. The third-order valence-corrected chi connectivity index (χ3v) is 3.99. The zero-order valence-electron chi connectivity index (χ0n) is 11.0. The average Bonchev–Trinajstić information content (AvgIpc) is 2.86. The lowest BCUT2D eigenvalue weighted by Crippen LogP contribution is -2.10. The largest absolute Gasteiger partial charge is 0.330 e. The summed E-state index contributed by atoms with van der Waals surface area (Å²) in [6.07, 6.45) is 4.77. The van der Waals surface area contributed by atoms with Crippen LogP contribution >= 0.6 is 11.3 Å². The Kier molecular flexibility index (Phi) is 5.36. The summed E-state index contributed by atoms with van der Waals surface area (Å²) in [4.78, 5) is 11.8. The minimum atomic E-state index is 0.0994. The van der Waals surface area contributed by atoms with E-state index in [1.807, 2.05) is 12.1 Å². The summed E-state index contributed by atoms with van der Waals surface area (Å²) < 4.78 is 1.25. The van der Waals surface area contributed by atoms with Gasteiger partial charge in [-0.05, 0) is 54.4 Å². The van der Waals surface area contributed by atoms with Gasteiger partial charge in [-0.1, -0.05) is 12.8 Å². The van der Waals surface area contributed by atoms with Gasteiger partial charge in [0.25, 0.3) is 0 Å². The molecule has 1 amide bonds. The lowest BCUT2D eigenvalue weighted by atomic mass is 10.1. The molecule has 1 heterocycles. The maximum Gasteiger partial charge on any atom is 0.224 e. The zero-order valence-corrected chi connectivity index (χ0v) is 11.8. The first-order valence-electron chi connectivity index (χ1n) is 6.77. The first kappa shape index (κ1) is 14.0. The fourth-order valence-corrected chi connectivity index (χ4v) is 2.82. The van der Waals surface area contributed by atoms with Crippen molar-refractivity contribution in [3.8, 4) is 0 Å². The number of carbonyl (C=O) groups excluding carboxylic acids is 1. The van der Waals surface area contributed by atoms with E-state index in [1.54, 1.807) is 11.3 Å². The number of thiophene rings is 1. The van der Waals surface area contributed by atoms with Crippen molar-refractivity contribution < 1.29 is 4.79 Å². The highest BCUT2D eigenvalue weighted by atomic mass is 32.1. The molecule has 1 aromatic heterocycles. The number of carbonyl (C=O) groups is 1. The van der Waals surface area contributed by atoms with Crippen LogP contribution in [0.25, 0.3) is 10.1 Å². The molecule has 2 rings (SSSR count). The van der Waals surface area contributed by atoms with Crippen LogP contribution in [0.2, 0.25) is 0 Å². The fraction of sp³-hybridized carbons (Fsp3) is 0.400. The monoisotopic (exact) mass is 276 g/mol. The van der Waals surface area contributed by atoms with Crippen molar-refractivity contribution in [1.82, 2.24) is 0 Å². The van der Waals surface area contributed by atoms with Gasteiger partial charge in [-0.2, -0.15) is 0 Å². The van der Waals surface area contributed by atoms with Crippen molar-refractivity contribution in [1.29, 1.82) is 0 Å². The Bertz CT molecular complexity index is 536. The van der Waals surface area contributed by atoms with Crippen LogP contribution in [0.1, 0.15) is 32.1 Å². The quantitative estimate of drug-likeness (QED) is 0.757. The number of rotatable bonds is 7. The van der Waals surface area contributed by atoms with Crippen molar-refractivity contribution in [2.45, 2.75) is 32.1 Å². The smallest absolute Gasteiger partial charge is 0.224 e. The molecule has 3 N–H and O–H groups in total. The number of hydrogen-bond donors (Lipinski definition) is 2. The van der Waals surface area contributed by atoms with Gasteiger partial charge in [0.2, 0.25) is 5.91 Å². The third kappa shape index (κ3) is 4.33. The molecule has 0 atom stereocenters. The summed E-state index contributed by atoms with van der Waals surface area (Å²) in [5.41, 5.74) is 6.32. The van der Waals surface area contributed by atoms with E-state index in [0.717, 1.165) is 37.9 Å². The molecule has 2 aromatic rings. The molecule has 0 spiro atoms. The summed E-state index contributed by atoms with van der Waals surface area (Å²) in [6, 6.07) is 8.11. The summed E-state index contributed by atoms with van der Waals surface area (Å²) in [6.45, 7) is 0.743. The van der Waals surface area contributed by atoms with Crippen LogP contribution < -0.4 is 11.1 Å². The van der Waals surface area contributed by atoms with Crippen LogP contribution in [-0.2, 0) is 4.79 Å². The van der Waals surface area contributed by atoms with Gasteiger partial charge >= 0.3 is 0 Å². The summed E-state index contributed by atoms with van der Waals surface area (Å²) in [5, 5.41) is 6.20. The van der Waals surface area contributed by atoms with E-state index in [0.29, 0.717) is 6.42 Å². The van der Waals surface area contributed by atoms with E-state index in [1.165, 1.54) is 10.1 Å². The van der Waals surface area contributed by atoms with E-state index >= 15 is 0 Å². The van der Waals surface area contributed by atoms with Gasteiger partial charge in [0.05, 0.1) is 0 Å². The van der Waals surface area contributed by atoms with Crippen LogP contribution in [0, 0.1) is 0 Å². The van der Waals surface area contributed by atoms with E-state index in [9.17, 15) is 4.79 Å². The molecule has 0 aliphatic heterocycles. The van der Waals surface area contributed by atoms with Gasteiger partial charge in [0.15, 0.2) is 0 Å². The second-order valence-corrected chi connectivity index (χ2v) is 5.62. The second kappa shape index (κ2) is 7.26. The Labute approximate surface area is 117 Å². The van der Waals surface area contributed by atoms with Gasteiger partial charge in [-0.3, -0.25) is 4.79 Å². The lowest BCUT2D eigenvalue weighted by molar-refractivity contribution is -0.116. The van der Waals surface area contributed by atoms with Gasteiger partial charge in [-0.15, -0.1) is 11.3 Å². The molecule has 1 aromatic carbocycles. The van der Waals surface area contributed by atoms with Gasteiger partial charge in [0.1, 0.15) is 0 Å². The van der Waals surface area contributed by atoms with Crippen molar-refractivity contribution in [3.05, 3.63) is 29.6 Å². The first-order chi connectivity index (χ1) is 9.29. The molecule has 0 fully saturated rings. The van der Waals surface area contributed by atoms with E-state index in [4.69, 9.17) is 5.73 Å². The van der Waals surface area contributed by atoms with Crippen LogP contribution in [-0.4, -0.2) is 12.5 Å². The molecule has 0 saturated carbocycles. The lowest BCUT2D eigenvalue weighted by Gasteiger charge is -2.05. The van der Waals surface area contributed by atoms with E-state index in [-0.39, 0.29) is 5.91 Å². The number of amides is 1. The molecule has 0 aliphatic rings. The Morgan fingerprint density at radius 1 is 1.16 bits per heavy atom. The topological polar surface area (TPSA) is 55.1 Å². The van der Waals surface area contributed by atoms with Crippen molar-refractivity contribution in [2.24, 2.45) is 5.73 Å². The number of fused-ring (bicyclic) bond motifs is 1. The number of hydrogen-bond acceptors (Lipinski definition) is 3. The molecule has 102 valence electrons. The Morgan fingerprint density at radius 3 is 2.84 bits per heavy atom. The van der Waals surface area contributed by atoms with Crippen LogP contribution in [0.4, 0.5) is 5.69 Å². The molecular weight excluding hydrogens is 256 g/mol. The van der Waals surface area contributed by atoms with Crippen molar-refractivity contribution in [2.75, 3.05) is 11.9 Å². The van der Waals surface area contributed by atoms with E-state index < -0.39 is 0 Å². The normalized spacial score (nSPS) is 10.8. The second-order valence-electron chi connectivity index (χ2n) is 4.67. The first-order valence-corrected chi connectivity index (χ1v) is 7.65. The number of unbranched alkanes of at least 4 members (excludes halogenated alkanes) is 3. The predicted molar refractivity (Wildman–Crippen MR) is 82.6 cm³/mol. The zero-order chi connectivity index (χ0) is 13.5. The molecule has 0 radical (unpaired) electrons. The summed E-state index contributed by atoms with van der Waals surface area (Å²) in [7, 11) is 0. The maximum absolute atomic E-state index is 11.8. The van der Waals surface area contributed by atoms with Crippen molar-refractivity contribution in [3.63, 3.8) is 0 Å². The number of nitrogens with one attached hydrogen (secondary N) is 1. The number of nitrogens with two attached hydrogens (primary N) is 1. The van der Waals surface area contributed by atoms with Crippen LogP contribution in [0.5, 0.6) is 0 Å². The van der Waals surface area contributed by atoms with Gasteiger partial charge in [-0.25, -0.2) is 0 Å². The van der Waals surface area contributed by atoms with Gasteiger partial charge in [0, 0.05) is 16.8 Å². The minimum absolute atomic E-state index is 0.0994. The van der Waals surface area contributed by atoms with Crippen molar-refractivity contribution >= 4 is 33.0 Å². The Morgan fingerprint density at radius 2 is 2.00 bits per heavy atom.